The molecule has 0 aliphatic heterocycles. The average Bonchev–Trinajstić information content (AvgIpc) is 2.55. The van der Waals surface area contributed by atoms with Crippen molar-refractivity contribution in [1.82, 2.24) is 0 Å². The standard InChI is InChI=1S/2C9H8O4.Pb/c2*1-6(10)13-8-5-3-2-4-7(8)9(11)12;/h2*2-5H,1H3,(H,11,12);/q;;+2/p-2. The van der Waals surface area contributed by atoms with Gasteiger partial charge in [-0.3, -0.25) is 9.59 Å². The quantitative estimate of drug-likeness (QED) is 0.277. The Labute approximate surface area is 174 Å². The first-order valence-corrected chi connectivity index (χ1v) is 7.20. The molecule has 0 unspecified atom stereocenters. The normalized spacial score (nSPS) is 8.96. The molecule has 0 fully saturated rings. The molecule has 0 aromatic heterocycles. The summed E-state index contributed by atoms with van der Waals surface area (Å²) < 4.78 is 9.29. The van der Waals surface area contributed by atoms with Crippen LogP contribution in [0.15, 0.2) is 48.5 Å². The molecule has 2 aromatic rings. The summed E-state index contributed by atoms with van der Waals surface area (Å²) in [7, 11) is 0. The van der Waals surface area contributed by atoms with E-state index in [1.54, 1.807) is 12.1 Å². The van der Waals surface area contributed by atoms with E-state index in [1.165, 1.54) is 50.2 Å². The zero-order valence-corrected chi connectivity index (χ0v) is 18.3. The van der Waals surface area contributed by atoms with Gasteiger partial charge in [0.05, 0.1) is 11.9 Å². The number of esters is 2. The van der Waals surface area contributed by atoms with Crippen LogP contribution in [0.25, 0.3) is 0 Å². The van der Waals surface area contributed by atoms with Crippen LogP contribution in [0.5, 0.6) is 11.5 Å². The summed E-state index contributed by atoms with van der Waals surface area (Å²) in [6, 6.07) is 11.6. The van der Waals surface area contributed by atoms with Gasteiger partial charge in [0, 0.05) is 25.0 Å². The molecule has 27 heavy (non-hydrogen) atoms. The topological polar surface area (TPSA) is 133 Å². The van der Waals surface area contributed by atoms with Gasteiger partial charge in [0.15, 0.2) is 0 Å². The van der Waals surface area contributed by atoms with Gasteiger partial charge >= 0.3 is 39.2 Å². The molecule has 0 saturated heterocycles. The third-order valence-corrected chi connectivity index (χ3v) is 2.72. The number of carbonyl (C=O) groups excluding carboxylic acids is 4. The Morgan fingerprint density at radius 3 is 1.22 bits per heavy atom. The largest absolute Gasteiger partial charge is 2.00 e. The minimum atomic E-state index is -1.36. The van der Waals surface area contributed by atoms with E-state index < -0.39 is 23.9 Å². The summed E-state index contributed by atoms with van der Waals surface area (Å²) >= 11 is 0. The first kappa shape index (κ1) is 24.2. The monoisotopic (exact) mass is 566 g/mol. The molecule has 0 heterocycles. The number of hydrogen-bond donors (Lipinski definition) is 0. The molecule has 2 rings (SSSR count). The van der Waals surface area contributed by atoms with Crippen LogP contribution in [-0.2, 0) is 9.59 Å². The van der Waals surface area contributed by atoms with Gasteiger partial charge in [0.2, 0.25) is 0 Å². The van der Waals surface area contributed by atoms with Gasteiger partial charge in [0.1, 0.15) is 11.5 Å². The van der Waals surface area contributed by atoms with Crippen LogP contribution in [0.1, 0.15) is 34.6 Å². The summed E-state index contributed by atoms with van der Waals surface area (Å²) in [6.07, 6.45) is 0. The van der Waals surface area contributed by atoms with Crippen molar-refractivity contribution >= 4 is 51.2 Å². The molecular formula is C18H14O8Pb. The van der Waals surface area contributed by atoms with Crippen LogP contribution in [0, 0.1) is 0 Å². The van der Waals surface area contributed by atoms with E-state index in [2.05, 4.69) is 9.47 Å². The SMILES string of the molecule is CC(=O)Oc1ccccc1C(=O)[O-].CC(=O)Oc1ccccc1C(=O)[O-].[Pb+2]. The average molecular weight is 566 g/mol. The Hall–Kier alpha value is -2.76. The Balaban J connectivity index is 0.000000483. The Bertz CT molecular complexity index is 762. The van der Waals surface area contributed by atoms with E-state index in [1.807, 2.05) is 0 Å². The van der Waals surface area contributed by atoms with Crippen molar-refractivity contribution in [3.8, 4) is 11.5 Å². The van der Waals surface area contributed by atoms with Crippen molar-refractivity contribution in [3.05, 3.63) is 59.7 Å². The zero-order chi connectivity index (χ0) is 19.7. The number of carboxylic acid groups (broad SMARTS) is 2. The molecule has 0 bridgehead atoms. The number of rotatable bonds is 4. The van der Waals surface area contributed by atoms with Gasteiger partial charge in [-0.25, -0.2) is 0 Å². The molecule has 0 saturated carbocycles. The summed E-state index contributed by atoms with van der Waals surface area (Å²) in [4.78, 5) is 42.1. The summed E-state index contributed by atoms with van der Waals surface area (Å²) in [6.45, 7) is 2.40. The number of para-hydroxylation sites is 2. The second-order valence-electron chi connectivity index (χ2n) is 4.75. The molecule has 0 atom stereocenters. The van der Waals surface area contributed by atoms with Crippen molar-refractivity contribution in [1.29, 1.82) is 0 Å². The molecule has 2 aromatic carbocycles. The number of ether oxygens (including phenoxy) is 2. The van der Waals surface area contributed by atoms with Gasteiger partial charge in [-0.1, -0.05) is 24.3 Å². The van der Waals surface area contributed by atoms with Crippen LogP contribution in [0.3, 0.4) is 0 Å². The zero-order valence-electron chi connectivity index (χ0n) is 14.4. The minimum absolute atomic E-state index is 0. The molecule has 0 aliphatic rings. The number of benzene rings is 2. The van der Waals surface area contributed by atoms with Crippen LogP contribution < -0.4 is 19.7 Å². The first-order valence-electron chi connectivity index (χ1n) is 7.20. The number of carboxylic acids is 2. The van der Waals surface area contributed by atoms with Gasteiger partial charge in [-0.05, 0) is 24.3 Å². The van der Waals surface area contributed by atoms with Crippen LogP contribution in [0.4, 0.5) is 0 Å². The fourth-order valence-corrected chi connectivity index (χ4v) is 1.76. The number of aromatic carboxylic acids is 2. The smallest absolute Gasteiger partial charge is 0.545 e. The molecule has 9 heteroatoms. The van der Waals surface area contributed by atoms with Crippen LogP contribution in [-0.4, -0.2) is 51.2 Å². The fourth-order valence-electron chi connectivity index (χ4n) is 1.76. The molecular weight excluding hydrogens is 551 g/mol. The van der Waals surface area contributed by atoms with Crippen molar-refractivity contribution < 1.29 is 38.9 Å². The van der Waals surface area contributed by atoms with Crippen molar-refractivity contribution in [2.45, 2.75) is 13.8 Å². The first-order chi connectivity index (χ1) is 12.2. The van der Waals surface area contributed by atoms with Crippen LogP contribution >= 0.6 is 0 Å². The maximum atomic E-state index is 10.6. The Morgan fingerprint density at radius 2 is 0.963 bits per heavy atom. The molecule has 8 nitrogen and oxygen atoms in total. The maximum absolute atomic E-state index is 10.6. The summed E-state index contributed by atoms with van der Waals surface area (Å²) in [5, 5.41) is 21.0. The summed E-state index contributed by atoms with van der Waals surface area (Å²) in [5.41, 5.74) is -0.254. The van der Waals surface area contributed by atoms with Crippen molar-refractivity contribution in [2.75, 3.05) is 0 Å². The van der Waals surface area contributed by atoms with E-state index in [-0.39, 0.29) is 49.9 Å². The van der Waals surface area contributed by atoms with Crippen molar-refractivity contribution in [2.24, 2.45) is 0 Å². The number of hydrogen-bond acceptors (Lipinski definition) is 8. The van der Waals surface area contributed by atoms with E-state index in [0.29, 0.717) is 0 Å². The number of carbonyl (C=O) groups is 4. The second kappa shape index (κ2) is 11.8. The van der Waals surface area contributed by atoms with Gasteiger partial charge < -0.3 is 29.3 Å². The molecule has 0 amide bonds. The van der Waals surface area contributed by atoms with E-state index in [9.17, 15) is 29.4 Å². The second-order valence-corrected chi connectivity index (χ2v) is 4.75. The Morgan fingerprint density at radius 1 is 0.667 bits per heavy atom. The molecule has 138 valence electrons. The third kappa shape index (κ3) is 8.44. The van der Waals surface area contributed by atoms with E-state index >= 15 is 0 Å². The molecule has 2 radical (unpaired) electrons. The minimum Gasteiger partial charge on any atom is -0.545 e. The fraction of sp³-hybridized carbons (Fsp3) is 0.111. The van der Waals surface area contributed by atoms with Gasteiger partial charge in [-0.2, -0.15) is 0 Å². The van der Waals surface area contributed by atoms with Crippen molar-refractivity contribution in [3.63, 3.8) is 0 Å². The van der Waals surface area contributed by atoms with E-state index in [4.69, 9.17) is 0 Å². The van der Waals surface area contributed by atoms with Gasteiger partial charge in [-0.15, -0.1) is 0 Å². The predicted octanol–water partition coefficient (Wildman–Crippen LogP) is -0.430. The van der Waals surface area contributed by atoms with Gasteiger partial charge in [0.25, 0.3) is 0 Å². The molecule has 0 spiro atoms. The van der Waals surface area contributed by atoms with E-state index in [0.717, 1.165) is 0 Å². The summed E-state index contributed by atoms with van der Waals surface area (Å²) in [5.74, 6) is -3.83. The molecule has 0 aliphatic carbocycles. The maximum Gasteiger partial charge on any atom is 2.00 e. The predicted molar refractivity (Wildman–Crippen MR) is 89.9 cm³/mol. The Kier molecular flexibility index (Phi) is 10.6. The molecule has 0 N–H and O–H groups in total. The van der Waals surface area contributed by atoms with Crippen LogP contribution in [0.2, 0.25) is 0 Å². The third-order valence-electron chi connectivity index (χ3n) is 2.72.